The highest BCUT2D eigenvalue weighted by atomic mass is 32.1. The molecule has 0 aromatic carbocycles. The lowest BCUT2D eigenvalue weighted by atomic mass is 10.0. The molecule has 0 unspecified atom stereocenters. The molecule has 102 valence electrons. The summed E-state index contributed by atoms with van der Waals surface area (Å²) in [6.45, 7) is 0. The highest BCUT2D eigenvalue weighted by Crippen LogP contribution is 2.28. The third kappa shape index (κ3) is 2.73. The van der Waals surface area contributed by atoms with Gasteiger partial charge in [0, 0.05) is 12.2 Å². The molecule has 0 bridgehead atoms. The van der Waals surface area contributed by atoms with Crippen LogP contribution in [0.15, 0.2) is 18.3 Å². The number of fused-ring (bicyclic) bond motifs is 1. The molecular formula is C15H21N3S. The first-order valence-corrected chi connectivity index (χ1v) is 7.82. The normalized spacial score (nSPS) is 18.9. The molecule has 0 atom stereocenters. The lowest BCUT2D eigenvalue weighted by Crippen LogP contribution is -2.09. The zero-order chi connectivity index (χ0) is 13.1. The van der Waals surface area contributed by atoms with E-state index in [1.807, 2.05) is 12.3 Å². The fourth-order valence-electron chi connectivity index (χ4n) is 3.17. The number of hydrogen-bond acceptors (Lipinski definition) is 2. The van der Waals surface area contributed by atoms with Gasteiger partial charge in [0.15, 0.2) is 10.4 Å². The molecule has 0 saturated heterocycles. The number of rotatable bonds is 1. The minimum absolute atomic E-state index is 0.522. The summed E-state index contributed by atoms with van der Waals surface area (Å²) >= 11 is 5.51. The average Bonchev–Trinajstić information content (AvgIpc) is 2.80. The molecule has 0 spiro atoms. The highest BCUT2D eigenvalue weighted by molar-refractivity contribution is 7.71. The SMILES string of the molecule is S=c1[nH]c2cccnc2n1C1CCCCCCCC1. The van der Waals surface area contributed by atoms with E-state index >= 15 is 0 Å². The number of nitrogens with zero attached hydrogens (tertiary/aromatic N) is 2. The maximum atomic E-state index is 5.51. The first-order valence-electron chi connectivity index (χ1n) is 7.41. The second-order valence-corrected chi connectivity index (χ2v) is 5.91. The van der Waals surface area contributed by atoms with E-state index in [2.05, 4.69) is 20.6 Å². The second kappa shape index (κ2) is 5.87. The number of pyridine rings is 1. The molecule has 1 aliphatic rings. The predicted octanol–water partition coefficient (Wildman–Crippen LogP) is 4.77. The molecule has 3 nitrogen and oxygen atoms in total. The van der Waals surface area contributed by atoms with Crippen molar-refractivity contribution in [3.63, 3.8) is 0 Å². The first kappa shape index (κ1) is 12.9. The summed E-state index contributed by atoms with van der Waals surface area (Å²) in [5, 5.41) is 0. The monoisotopic (exact) mass is 275 g/mol. The first-order chi connectivity index (χ1) is 9.36. The summed E-state index contributed by atoms with van der Waals surface area (Å²) in [5.74, 6) is 0. The Hall–Kier alpha value is -1.16. The Morgan fingerprint density at radius 3 is 2.53 bits per heavy atom. The number of aromatic nitrogens is 3. The molecule has 0 aliphatic heterocycles. The van der Waals surface area contributed by atoms with Gasteiger partial charge in [-0.05, 0) is 37.2 Å². The molecule has 1 N–H and O–H groups in total. The minimum atomic E-state index is 0.522. The molecule has 19 heavy (non-hydrogen) atoms. The molecule has 2 aromatic heterocycles. The van der Waals surface area contributed by atoms with Crippen LogP contribution >= 0.6 is 12.2 Å². The van der Waals surface area contributed by atoms with Gasteiger partial charge in [-0.3, -0.25) is 4.57 Å². The van der Waals surface area contributed by atoms with Crippen LogP contribution in [0.4, 0.5) is 0 Å². The molecule has 0 amide bonds. The highest BCUT2D eigenvalue weighted by Gasteiger charge is 2.16. The van der Waals surface area contributed by atoms with Gasteiger partial charge in [-0.2, -0.15) is 0 Å². The zero-order valence-electron chi connectivity index (χ0n) is 11.3. The van der Waals surface area contributed by atoms with Crippen molar-refractivity contribution in [3.8, 4) is 0 Å². The van der Waals surface area contributed by atoms with Gasteiger partial charge < -0.3 is 4.98 Å². The summed E-state index contributed by atoms with van der Waals surface area (Å²) in [6.07, 6.45) is 12.5. The average molecular weight is 275 g/mol. The number of imidazole rings is 1. The molecule has 1 fully saturated rings. The van der Waals surface area contributed by atoms with Crippen LogP contribution in [-0.2, 0) is 0 Å². The van der Waals surface area contributed by atoms with Crippen molar-refractivity contribution in [3.05, 3.63) is 23.1 Å². The van der Waals surface area contributed by atoms with Gasteiger partial charge in [0.2, 0.25) is 0 Å². The van der Waals surface area contributed by atoms with Crippen LogP contribution in [0.5, 0.6) is 0 Å². The molecule has 4 heteroatoms. The van der Waals surface area contributed by atoms with Crippen LogP contribution in [0.2, 0.25) is 0 Å². The Bertz CT molecular complexity index is 589. The van der Waals surface area contributed by atoms with E-state index < -0.39 is 0 Å². The Kier molecular flexibility index (Phi) is 3.97. The van der Waals surface area contributed by atoms with E-state index in [0.29, 0.717) is 6.04 Å². The Morgan fingerprint density at radius 2 is 1.79 bits per heavy atom. The number of aromatic amines is 1. The summed E-state index contributed by atoms with van der Waals surface area (Å²) in [6, 6.07) is 4.54. The van der Waals surface area contributed by atoms with Gasteiger partial charge in [0.05, 0.1) is 5.52 Å². The lowest BCUT2D eigenvalue weighted by molar-refractivity contribution is 0.419. The molecule has 0 radical (unpaired) electrons. The number of hydrogen-bond donors (Lipinski definition) is 1. The van der Waals surface area contributed by atoms with Crippen LogP contribution in [0, 0.1) is 4.77 Å². The largest absolute Gasteiger partial charge is 0.329 e. The van der Waals surface area contributed by atoms with Crippen molar-refractivity contribution in [2.75, 3.05) is 0 Å². The van der Waals surface area contributed by atoms with Gasteiger partial charge in [0.25, 0.3) is 0 Å². The summed E-state index contributed by atoms with van der Waals surface area (Å²) in [5.41, 5.74) is 2.09. The van der Waals surface area contributed by atoms with Crippen LogP contribution in [0.25, 0.3) is 11.2 Å². The predicted molar refractivity (Wildman–Crippen MR) is 80.9 cm³/mol. The van der Waals surface area contributed by atoms with Crippen molar-refractivity contribution in [1.82, 2.24) is 14.5 Å². The Morgan fingerprint density at radius 1 is 1.11 bits per heavy atom. The van der Waals surface area contributed by atoms with Crippen molar-refractivity contribution in [1.29, 1.82) is 0 Å². The van der Waals surface area contributed by atoms with E-state index in [9.17, 15) is 0 Å². The molecule has 3 rings (SSSR count). The van der Waals surface area contributed by atoms with E-state index in [1.165, 1.54) is 51.4 Å². The number of nitrogens with one attached hydrogen (secondary N) is 1. The van der Waals surface area contributed by atoms with E-state index in [-0.39, 0.29) is 0 Å². The molecule has 1 saturated carbocycles. The van der Waals surface area contributed by atoms with Gasteiger partial charge in [0.1, 0.15) is 0 Å². The molecule has 2 heterocycles. The van der Waals surface area contributed by atoms with E-state index in [4.69, 9.17) is 12.2 Å². The van der Waals surface area contributed by atoms with Crippen molar-refractivity contribution in [2.45, 2.75) is 57.4 Å². The van der Waals surface area contributed by atoms with Crippen LogP contribution < -0.4 is 0 Å². The smallest absolute Gasteiger partial charge is 0.179 e. The summed E-state index contributed by atoms with van der Waals surface area (Å²) < 4.78 is 3.09. The zero-order valence-corrected chi connectivity index (χ0v) is 12.1. The summed E-state index contributed by atoms with van der Waals surface area (Å²) in [7, 11) is 0. The third-order valence-electron chi connectivity index (χ3n) is 4.17. The van der Waals surface area contributed by atoms with Crippen LogP contribution in [-0.4, -0.2) is 14.5 Å². The second-order valence-electron chi connectivity index (χ2n) is 5.53. The topological polar surface area (TPSA) is 33.6 Å². The standard InChI is InChI=1S/C15H21N3S/c19-15-17-13-10-7-11-16-14(13)18(15)12-8-5-3-1-2-4-6-9-12/h7,10-12H,1-6,8-9H2,(H,17,19). The van der Waals surface area contributed by atoms with Crippen LogP contribution in [0.1, 0.15) is 57.4 Å². The fraction of sp³-hybridized carbons (Fsp3) is 0.600. The Balaban J connectivity index is 1.96. The molecular weight excluding hydrogens is 254 g/mol. The van der Waals surface area contributed by atoms with E-state index in [1.54, 1.807) is 0 Å². The maximum absolute atomic E-state index is 5.51. The van der Waals surface area contributed by atoms with Crippen molar-refractivity contribution >= 4 is 23.4 Å². The third-order valence-corrected chi connectivity index (χ3v) is 4.46. The van der Waals surface area contributed by atoms with Gasteiger partial charge in [-0.15, -0.1) is 0 Å². The fourth-order valence-corrected chi connectivity index (χ4v) is 3.51. The van der Waals surface area contributed by atoms with Crippen molar-refractivity contribution in [2.24, 2.45) is 0 Å². The lowest BCUT2D eigenvalue weighted by Gasteiger charge is -2.18. The minimum Gasteiger partial charge on any atom is -0.329 e. The van der Waals surface area contributed by atoms with E-state index in [0.717, 1.165) is 15.9 Å². The van der Waals surface area contributed by atoms with Crippen molar-refractivity contribution < 1.29 is 0 Å². The molecule has 2 aromatic rings. The quantitative estimate of drug-likeness (QED) is 0.761. The van der Waals surface area contributed by atoms with Crippen LogP contribution in [0.3, 0.4) is 0 Å². The van der Waals surface area contributed by atoms with Gasteiger partial charge in [-0.25, -0.2) is 4.98 Å². The Labute approximate surface area is 119 Å². The van der Waals surface area contributed by atoms with Gasteiger partial charge >= 0.3 is 0 Å². The number of H-pyrrole nitrogens is 1. The maximum Gasteiger partial charge on any atom is 0.179 e. The van der Waals surface area contributed by atoms with Gasteiger partial charge in [-0.1, -0.05) is 38.5 Å². The summed E-state index contributed by atoms with van der Waals surface area (Å²) in [4.78, 5) is 7.81. The molecule has 1 aliphatic carbocycles.